The molecule has 1 amide bonds. The number of anilines is 1. The second-order valence-electron chi connectivity index (χ2n) is 5.64. The third kappa shape index (κ3) is 3.72. The fourth-order valence-corrected chi connectivity index (χ4v) is 4.66. The maximum Gasteiger partial charge on any atom is 0.295 e. The molecule has 0 radical (unpaired) electrons. The second kappa shape index (κ2) is 8.00. The number of nitrogens with one attached hydrogen (secondary N) is 1. The van der Waals surface area contributed by atoms with E-state index < -0.39 is 0 Å². The fraction of sp³-hybridized carbons (Fsp3) is 0.111. The number of aromatic nitrogens is 2. The molecule has 0 aliphatic carbocycles. The summed E-state index contributed by atoms with van der Waals surface area (Å²) in [6, 6.07) is 13.0. The van der Waals surface area contributed by atoms with Crippen LogP contribution in [-0.2, 0) is 7.05 Å². The summed E-state index contributed by atoms with van der Waals surface area (Å²) in [5, 5.41) is 2.80. The fourth-order valence-electron chi connectivity index (χ4n) is 2.58. The van der Waals surface area contributed by atoms with E-state index in [1.54, 1.807) is 16.4 Å². The second-order valence-corrected chi connectivity index (χ2v) is 9.05. The zero-order chi connectivity index (χ0) is 19.0. The SMILES string of the molecule is Cc1c(NC(=O)c2cc(I)c(I)c(I)c2)c(=O)n(-c2ccccc2)n1C. The molecule has 134 valence electrons. The summed E-state index contributed by atoms with van der Waals surface area (Å²) in [4.78, 5) is 25.6. The quantitative estimate of drug-likeness (QED) is 0.326. The summed E-state index contributed by atoms with van der Waals surface area (Å²) in [6.45, 7) is 1.82. The van der Waals surface area contributed by atoms with E-state index in [0.717, 1.165) is 16.4 Å². The van der Waals surface area contributed by atoms with Crippen LogP contribution in [0.3, 0.4) is 0 Å². The molecule has 3 rings (SSSR count). The number of para-hydroxylation sites is 1. The first-order chi connectivity index (χ1) is 12.3. The van der Waals surface area contributed by atoms with Crippen LogP contribution in [0.25, 0.3) is 5.69 Å². The highest BCUT2D eigenvalue weighted by molar-refractivity contribution is 14.1. The van der Waals surface area contributed by atoms with Gasteiger partial charge >= 0.3 is 0 Å². The molecule has 0 aliphatic rings. The number of carbonyl (C=O) groups excluding carboxylic acids is 1. The number of benzene rings is 2. The zero-order valence-electron chi connectivity index (χ0n) is 13.9. The van der Waals surface area contributed by atoms with Gasteiger partial charge in [-0.15, -0.1) is 0 Å². The Bertz CT molecular complexity index is 1030. The smallest absolute Gasteiger partial charge is 0.295 e. The zero-order valence-corrected chi connectivity index (χ0v) is 20.4. The summed E-state index contributed by atoms with van der Waals surface area (Å²) in [5.74, 6) is -0.289. The third-order valence-corrected chi connectivity index (χ3v) is 8.97. The molecule has 0 bridgehead atoms. The van der Waals surface area contributed by atoms with E-state index in [-0.39, 0.29) is 11.5 Å². The summed E-state index contributed by atoms with van der Waals surface area (Å²) < 4.78 is 6.42. The van der Waals surface area contributed by atoms with E-state index in [4.69, 9.17) is 0 Å². The van der Waals surface area contributed by atoms with Crippen molar-refractivity contribution in [2.45, 2.75) is 6.92 Å². The minimum Gasteiger partial charge on any atom is -0.316 e. The van der Waals surface area contributed by atoms with E-state index >= 15 is 0 Å². The van der Waals surface area contributed by atoms with E-state index in [1.165, 1.54) is 0 Å². The highest BCUT2D eigenvalue weighted by Crippen LogP contribution is 2.24. The molecule has 0 fully saturated rings. The number of amides is 1. The van der Waals surface area contributed by atoms with Crippen LogP contribution in [0.1, 0.15) is 16.1 Å². The average Bonchev–Trinajstić information content (AvgIpc) is 2.83. The van der Waals surface area contributed by atoms with E-state index in [0.29, 0.717) is 16.9 Å². The predicted molar refractivity (Wildman–Crippen MR) is 128 cm³/mol. The summed E-state index contributed by atoms with van der Waals surface area (Å²) in [6.07, 6.45) is 0. The molecule has 0 saturated carbocycles. The molecular weight excluding hydrogens is 671 g/mol. The summed E-state index contributed by atoms with van der Waals surface area (Å²) in [7, 11) is 1.80. The maximum atomic E-state index is 12.9. The molecule has 3 aromatic rings. The van der Waals surface area contributed by atoms with Crippen molar-refractivity contribution in [3.8, 4) is 5.69 Å². The van der Waals surface area contributed by atoms with Gasteiger partial charge < -0.3 is 5.32 Å². The lowest BCUT2D eigenvalue weighted by Gasteiger charge is -2.07. The van der Waals surface area contributed by atoms with Crippen LogP contribution >= 0.6 is 67.8 Å². The Labute approximate surface area is 191 Å². The van der Waals surface area contributed by atoms with E-state index in [1.807, 2.05) is 49.4 Å². The molecule has 26 heavy (non-hydrogen) atoms. The van der Waals surface area contributed by atoms with Crippen molar-refractivity contribution in [2.24, 2.45) is 7.05 Å². The number of nitrogens with zero attached hydrogens (tertiary/aromatic N) is 2. The monoisotopic (exact) mass is 685 g/mol. The Kier molecular flexibility index (Phi) is 6.11. The molecule has 5 nitrogen and oxygen atoms in total. The molecule has 1 N–H and O–H groups in total. The molecule has 0 atom stereocenters. The number of hydrogen-bond donors (Lipinski definition) is 1. The molecule has 2 aromatic carbocycles. The van der Waals surface area contributed by atoms with Crippen LogP contribution in [0.5, 0.6) is 0 Å². The van der Waals surface area contributed by atoms with Crippen LogP contribution in [-0.4, -0.2) is 15.3 Å². The summed E-state index contributed by atoms with van der Waals surface area (Å²) >= 11 is 6.67. The van der Waals surface area contributed by atoms with Gasteiger partial charge in [-0.3, -0.25) is 14.3 Å². The van der Waals surface area contributed by atoms with Gasteiger partial charge in [0, 0.05) is 23.3 Å². The van der Waals surface area contributed by atoms with Crippen LogP contribution in [0.4, 0.5) is 5.69 Å². The molecule has 1 aromatic heterocycles. The van der Waals surface area contributed by atoms with Gasteiger partial charge in [-0.25, -0.2) is 4.68 Å². The molecule has 0 aliphatic heterocycles. The lowest BCUT2D eigenvalue weighted by molar-refractivity contribution is 0.102. The van der Waals surface area contributed by atoms with Crippen molar-refractivity contribution in [2.75, 3.05) is 5.32 Å². The highest BCUT2D eigenvalue weighted by atomic mass is 127. The Morgan fingerprint density at radius 1 is 1.04 bits per heavy atom. The van der Waals surface area contributed by atoms with Crippen LogP contribution in [0.15, 0.2) is 47.3 Å². The van der Waals surface area contributed by atoms with Gasteiger partial charge in [-0.05, 0) is 99.0 Å². The van der Waals surface area contributed by atoms with Gasteiger partial charge in [-0.2, -0.15) is 0 Å². The van der Waals surface area contributed by atoms with Gasteiger partial charge in [-0.1, -0.05) is 18.2 Å². The highest BCUT2D eigenvalue weighted by Gasteiger charge is 2.19. The van der Waals surface area contributed by atoms with Gasteiger partial charge in [0.15, 0.2) is 0 Å². The van der Waals surface area contributed by atoms with Gasteiger partial charge in [0.25, 0.3) is 11.5 Å². The van der Waals surface area contributed by atoms with Crippen molar-refractivity contribution in [3.05, 3.63) is 74.8 Å². The van der Waals surface area contributed by atoms with Gasteiger partial charge in [0.05, 0.1) is 11.4 Å². The molecule has 0 unspecified atom stereocenters. The van der Waals surface area contributed by atoms with Gasteiger partial charge in [0.1, 0.15) is 5.69 Å². The Balaban J connectivity index is 2.01. The van der Waals surface area contributed by atoms with Crippen molar-refractivity contribution in [1.82, 2.24) is 9.36 Å². The minimum absolute atomic E-state index is 0.251. The van der Waals surface area contributed by atoms with Crippen LogP contribution in [0.2, 0.25) is 0 Å². The molecule has 8 heteroatoms. The largest absolute Gasteiger partial charge is 0.316 e. The first kappa shape index (κ1) is 19.9. The summed E-state index contributed by atoms with van der Waals surface area (Å²) in [5.41, 5.74) is 2.03. The Morgan fingerprint density at radius 2 is 1.62 bits per heavy atom. The Hall–Kier alpha value is -0.890. The number of carbonyl (C=O) groups is 1. The van der Waals surface area contributed by atoms with Crippen molar-refractivity contribution in [3.63, 3.8) is 0 Å². The topological polar surface area (TPSA) is 56.0 Å². The van der Waals surface area contributed by atoms with Crippen molar-refractivity contribution < 1.29 is 4.79 Å². The normalized spacial score (nSPS) is 10.8. The molecule has 1 heterocycles. The standard InChI is InChI=1S/C18H14I3N3O2/c1-10-16(18(26)24(23(10)2)12-6-4-3-5-7-12)22-17(25)11-8-13(19)15(21)14(20)9-11/h3-9H,1-2H3,(H,22,25). The number of halogens is 3. The third-order valence-electron chi connectivity index (χ3n) is 4.04. The molecule has 0 saturated heterocycles. The minimum atomic E-state index is -0.289. The lowest BCUT2D eigenvalue weighted by Crippen LogP contribution is -2.23. The van der Waals surface area contributed by atoms with E-state index in [9.17, 15) is 9.59 Å². The predicted octanol–water partition coefficient (Wildman–Crippen LogP) is 4.55. The van der Waals surface area contributed by atoms with E-state index in [2.05, 4.69) is 73.1 Å². The van der Waals surface area contributed by atoms with Crippen LogP contribution < -0.4 is 10.9 Å². The van der Waals surface area contributed by atoms with Crippen molar-refractivity contribution >= 4 is 79.4 Å². The number of rotatable bonds is 3. The van der Waals surface area contributed by atoms with Gasteiger partial charge in [0.2, 0.25) is 0 Å². The Morgan fingerprint density at radius 3 is 2.19 bits per heavy atom. The number of hydrogen-bond acceptors (Lipinski definition) is 2. The maximum absolute atomic E-state index is 12.9. The first-order valence-corrected chi connectivity index (χ1v) is 10.8. The van der Waals surface area contributed by atoms with Crippen LogP contribution in [0, 0.1) is 17.6 Å². The lowest BCUT2D eigenvalue weighted by atomic mass is 10.2. The first-order valence-electron chi connectivity index (χ1n) is 7.61. The average molecular weight is 685 g/mol. The molecular formula is C18H14I3N3O2. The molecule has 0 spiro atoms. The van der Waals surface area contributed by atoms with Crippen molar-refractivity contribution in [1.29, 1.82) is 0 Å².